The van der Waals surface area contributed by atoms with Gasteiger partial charge in [0.25, 0.3) is 5.88 Å². The fourth-order valence-electron chi connectivity index (χ4n) is 4.78. The highest BCUT2D eigenvalue weighted by atomic mass is 35.5. The lowest BCUT2D eigenvalue weighted by atomic mass is 10.2. The van der Waals surface area contributed by atoms with Crippen LogP contribution in [0.3, 0.4) is 0 Å². The second-order valence-corrected chi connectivity index (χ2v) is 10.1. The number of halogens is 3. The number of nitriles is 1. The van der Waals surface area contributed by atoms with Gasteiger partial charge >= 0.3 is 0 Å². The SMILES string of the molecule is N#Cc1cc2nc(CN3CCN(c4ncc(F)c(OCc5ccc(Cl)cc5F)n4)CC3)n(C[C@@H]3CCO3)c2cn1. The average molecular weight is 567 g/mol. The van der Waals surface area contributed by atoms with E-state index >= 15 is 0 Å². The fourth-order valence-corrected chi connectivity index (χ4v) is 4.94. The van der Waals surface area contributed by atoms with Crippen LogP contribution in [0.25, 0.3) is 11.0 Å². The molecule has 0 saturated carbocycles. The smallest absolute Gasteiger partial charge is 0.255 e. The Labute approximate surface area is 233 Å². The van der Waals surface area contributed by atoms with Crippen LogP contribution in [0, 0.1) is 23.0 Å². The van der Waals surface area contributed by atoms with E-state index in [-0.39, 0.29) is 29.2 Å². The molecule has 1 atom stereocenters. The zero-order valence-electron chi connectivity index (χ0n) is 21.4. The van der Waals surface area contributed by atoms with Gasteiger partial charge < -0.3 is 18.9 Å². The van der Waals surface area contributed by atoms with Crippen molar-refractivity contribution in [1.29, 1.82) is 5.26 Å². The van der Waals surface area contributed by atoms with Crippen molar-refractivity contribution in [3.63, 3.8) is 0 Å². The van der Waals surface area contributed by atoms with E-state index in [4.69, 9.17) is 26.1 Å². The van der Waals surface area contributed by atoms with Crippen LogP contribution in [-0.2, 0) is 24.4 Å². The lowest BCUT2D eigenvalue weighted by Crippen LogP contribution is -2.47. The second kappa shape index (κ2) is 11.3. The topological polar surface area (TPSA) is 105 Å². The number of pyridine rings is 1. The van der Waals surface area contributed by atoms with Gasteiger partial charge in [0, 0.05) is 49.4 Å². The Morgan fingerprint density at radius 1 is 1.07 bits per heavy atom. The van der Waals surface area contributed by atoms with Crippen molar-refractivity contribution in [1.82, 2.24) is 29.4 Å². The first-order chi connectivity index (χ1) is 19.5. The van der Waals surface area contributed by atoms with Crippen LogP contribution in [0.4, 0.5) is 14.7 Å². The molecule has 2 aliphatic heterocycles. The van der Waals surface area contributed by atoms with Gasteiger partial charge in [0.15, 0.2) is 0 Å². The molecule has 2 saturated heterocycles. The number of benzene rings is 1. The largest absolute Gasteiger partial charge is 0.470 e. The van der Waals surface area contributed by atoms with Crippen molar-refractivity contribution >= 4 is 28.6 Å². The third-order valence-corrected chi connectivity index (χ3v) is 7.34. The molecule has 4 aromatic rings. The number of aromatic nitrogens is 5. The minimum Gasteiger partial charge on any atom is -0.470 e. The first-order valence-electron chi connectivity index (χ1n) is 12.9. The molecule has 1 aromatic carbocycles. The number of imidazole rings is 1. The maximum absolute atomic E-state index is 14.4. The summed E-state index contributed by atoms with van der Waals surface area (Å²) in [5.74, 6) is -0.260. The van der Waals surface area contributed by atoms with E-state index in [1.54, 1.807) is 18.3 Å². The Balaban J connectivity index is 1.12. The predicted octanol–water partition coefficient (Wildman–Crippen LogP) is 3.71. The Morgan fingerprint density at radius 3 is 2.62 bits per heavy atom. The summed E-state index contributed by atoms with van der Waals surface area (Å²) in [6.45, 7) is 4.51. The first kappa shape index (κ1) is 26.3. The van der Waals surface area contributed by atoms with Crippen LogP contribution in [-0.4, -0.2) is 68.3 Å². The van der Waals surface area contributed by atoms with Crippen molar-refractivity contribution in [3.05, 3.63) is 70.4 Å². The van der Waals surface area contributed by atoms with Gasteiger partial charge in [-0.2, -0.15) is 14.6 Å². The van der Waals surface area contributed by atoms with Gasteiger partial charge in [0.05, 0.1) is 42.6 Å². The number of ether oxygens (including phenoxy) is 2. The zero-order chi connectivity index (χ0) is 27.6. The van der Waals surface area contributed by atoms with E-state index < -0.39 is 11.6 Å². The van der Waals surface area contributed by atoms with Crippen molar-refractivity contribution in [3.8, 4) is 11.9 Å². The Morgan fingerprint density at radius 2 is 1.90 bits per heavy atom. The lowest BCUT2D eigenvalue weighted by molar-refractivity contribution is -0.0592. The van der Waals surface area contributed by atoms with Gasteiger partial charge in [-0.3, -0.25) is 4.90 Å². The molecule has 3 aromatic heterocycles. The van der Waals surface area contributed by atoms with E-state index in [2.05, 4.69) is 30.5 Å². The molecular formula is C27H25ClF2N8O2. The predicted molar refractivity (Wildman–Crippen MR) is 142 cm³/mol. The molecule has 5 heterocycles. The quantitative estimate of drug-likeness (QED) is 0.315. The van der Waals surface area contributed by atoms with Crippen LogP contribution >= 0.6 is 11.6 Å². The minimum atomic E-state index is -0.722. The summed E-state index contributed by atoms with van der Waals surface area (Å²) in [6, 6.07) is 8.00. The molecule has 0 bridgehead atoms. The zero-order valence-corrected chi connectivity index (χ0v) is 22.2. The molecule has 0 amide bonds. The van der Waals surface area contributed by atoms with Gasteiger partial charge in [-0.1, -0.05) is 17.7 Å². The van der Waals surface area contributed by atoms with Crippen molar-refractivity contribution < 1.29 is 18.3 Å². The molecule has 0 unspecified atom stereocenters. The van der Waals surface area contributed by atoms with Crippen LogP contribution in [0.5, 0.6) is 5.88 Å². The van der Waals surface area contributed by atoms with Crippen LogP contribution in [0.15, 0.2) is 36.7 Å². The Hall–Kier alpha value is -3.92. The summed E-state index contributed by atoms with van der Waals surface area (Å²) < 4.78 is 41.7. The second-order valence-electron chi connectivity index (χ2n) is 9.70. The van der Waals surface area contributed by atoms with E-state index in [1.165, 1.54) is 12.1 Å². The number of hydrogen-bond donors (Lipinski definition) is 0. The third-order valence-electron chi connectivity index (χ3n) is 7.11. The van der Waals surface area contributed by atoms with Gasteiger partial charge in [0.1, 0.15) is 30.0 Å². The Bertz CT molecular complexity index is 1580. The van der Waals surface area contributed by atoms with Gasteiger partial charge in [-0.15, -0.1) is 0 Å². The van der Waals surface area contributed by atoms with E-state index in [0.717, 1.165) is 36.1 Å². The molecule has 0 spiro atoms. The minimum absolute atomic E-state index is 0.145. The summed E-state index contributed by atoms with van der Waals surface area (Å²) in [5.41, 5.74) is 2.20. The van der Waals surface area contributed by atoms with Crippen LogP contribution < -0.4 is 9.64 Å². The van der Waals surface area contributed by atoms with Gasteiger partial charge in [-0.05, 0) is 18.6 Å². The number of hydrogen-bond acceptors (Lipinski definition) is 9. The molecule has 206 valence electrons. The normalized spacial score (nSPS) is 17.6. The van der Waals surface area contributed by atoms with E-state index in [1.807, 2.05) is 4.90 Å². The molecule has 0 N–H and O–H groups in total. The number of piperazine rings is 1. The number of rotatable bonds is 8. The summed E-state index contributed by atoms with van der Waals surface area (Å²) in [5, 5.41) is 9.51. The van der Waals surface area contributed by atoms with E-state index in [9.17, 15) is 14.0 Å². The standard InChI is InChI=1S/C27H25ClF2N8O2/c28-18-2-1-17(21(29)9-18)16-40-26-22(30)12-33-27(35-26)37-6-4-36(5-7-37)15-25-34-23-10-19(11-31)32-13-24(23)38(25)14-20-3-8-39-20/h1-2,9-10,12-13,20H,3-8,14-16H2/t20-/m0/s1. The Kier molecular flexibility index (Phi) is 7.42. The highest BCUT2D eigenvalue weighted by Crippen LogP contribution is 2.24. The molecule has 40 heavy (non-hydrogen) atoms. The third kappa shape index (κ3) is 5.54. The molecular weight excluding hydrogens is 542 g/mol. The molecule has 6 rings (SSSR count). The van der Waals surface area contributed by atoms with Gasteiger partial charge in [-0.25, -0.2) is 19.3 Å². The summed E-state index contributed by atoms with van der Waals surface area (Å²) in [7, 11) is 0. The molecule has 0 aliphatic carbocycles. The number of fused-ring (bicyclic) bond motifs is 1. The maximum Gasteiger partial charge on any atom is 0.255 e. The number of nitrogens with zero attached hydrogens (tertiary/aromatic N) is 8. The molecule has 2 fully saturated rings. The maximum atomic E-state index is 14.4. The van der Waals surface area contributed by atoms with Crippen LogP contribution in [0.1, 0.15) is 23.5 Å². The lowest BCUT2D eigenvalue weighted by Gasteiger charge is -2.35. The number of anilines is 1. The molecule has 13 heteroatoms. The average Bonchev–Trinajstić information content (AvgIpc) is 3.27. The van der Waals surface area contributed by atoms with E-state index in [0.29, 0.717) is 50.9 Å². The monoisotopic (exact) mass is 566 g/mol. The van der Waals surface area contributed by atoms with Crippen LogP contribution in [0.2, 0.25) is 5.02 Å². The highest BCUT2D eigenvalue weighted by molar-refractivity contribution is 6.30. The summed E-state index contributed by atoms with van der Waals surface area (Å²) in [6.07, 6.45) is 3.91. The highest BCUT2D eigenvalue weighted by Gasteiger charge is 2.25. The fraction of sp³-hybridized carbons (Fsp3) is 0.370. The van der Waals surface area contributed by atoms with Crippen molar-refractivity contribution in [2.24, 2.45) is 0 Å². The van der Waals surface area contributed by atoms with Crippen molar-refractivity contribution in [2.45, 2.75) is 32.2 Å². The van der Waals surface area contributed by atoms with Gasteiger partial charge in [0.2, 0.25) is 11.8 Å². The molecule has 10 nitrogen and oxygen atoms in total. The summed E-state index contributed by atoms with van der Waals surface area (Å²) >= 11 is 5.79. The molecule has 2 aliphatic rings. The first-order valence-corrected chi connectivity index (χ1v) is 13.3. The van der Waals surface area contributed by atoms with Crippen molar-refractivity contribution in [2.75, 3.05) is 37.7 Å². The molecule has 0 radical (unpaired) electrons. The summed E-state index contributed by atoms with van der Waals surface area (Å²) in [4.78, 5) is 21.7.